The van der Waals surface area contributed by atoms with Crippen molar-refractivity contribution in [2.45, 2.75) is 13.8 Å². The summed E-state index contributed by atoms with van der Waals surface area (Å²) < 4.78 is 0. The van der Waals surface area contributed by atoms with Gasteiger partial charge in [0.1, 0.15) is 5.01 Å². The molecule has 0 N–H and O–H groups in total. The van der Waals surface area contributed by atoms with Gasteiger partial charge in [-0.2, -0.15) is 0 Å². The van der Waals surface area contributed by atoms with E-state index in [9.17, 15) is 0 Å². The molecular formula is C10H10N2S. The first-order valence-corrected chi connectivity index (χ1v) is 4.99. The number of thiazole rings is 1. The molecule has 2 nitrogen and oxygen atoms in total. The third-order valence-corrected chi connectivity index (χ3v) is 2.54. The van der Waals surface area contributed by atoms with Crippen LogP contribution in [0.2, 0.25) is 0 Å². The van der Waals surface area contributed by atoms with E-state index in [4.69, 9.17) is 0 Å². The van der Waals surface area contributed by atoms with E-state index in [0.29, 0.717) is 0 Å². The molecule has 0 bridgehead atoms. The molecule has 0 fully saturated rings. The first kappa shape index (κ1) is 8.38. The molecule has 0 aliphatic carbocycles. The van der Waals surface area contributed by atoms with Gasteiger partial charge in [-0.05, 0) is 31.5 Å². The molecule has 0 unspecified atom stereocenters. The van der Waals surface area contributed by atoms with Crippen LogP contribution in [0.25, 0.3) is 10.7 Å². The highest BCUT2D eigenvalue weighted by atomic mass is 32.1. The Labute approximate surface area is 81.3 Å². The summed E-state index contributed by atoms with van der Waals surface area (Å²) in [4.78, 5) is 8.65. The number of hydrogen-bond donors (Lipinski definition) is 0. The van der Waals surface area contributed by atoms with Crippen molar-refractivity contribution in [3.8, 4) is 10.7 Å². The predicted octanol–water partition coefficient (Wildman–Crippen LogP) is 2.82. The van der Waals surface area contributed by atoms with E-state index < -0.39 is 0 Å². The molecule has 0 spiro atoms. The van der Waals surface area contributed by atoms with Gasteiger partial charge in [0.15, 0.2) is 0 Å². The molecule has 2 rings (SSSR count). The molecule has 0 saturated carbocycles. The summed E-state index contributed by atoms with van der Waals surface area (Å²) in [5.74, 6) is 0. The van der Waals surface area contributed by atoms with Gasteiger partial charge >= 0.3 is 0 Å². The molecule has 3 heteroatoms. The summed E-state index contributed by atoms with van der Waals surface area (Å²) in [5, 5.41) is 2.96. The molecule has 2 heterocycles. The van der Waals surface area contributed by atoms with Crippen molar-refractivity contribution < 1.29 is 0 Å². The van der Waals surface area contributed by atoms with Gasteiger partial charge in [0, 0.05) is 17.3 Å². The monoisotopic (exact) mass is 190 g/mol. The van der Waals surface area contributed by atoms with Gasteiger partial charge in [0.25, 0.3) is 0 Å². The van der Waals surface area contributed by atoms with E-state index in [2.05, 4.69) is 29.0 Å². The summed E-state index contributed by atoms with van der Waals surface area (Å²) in [6.07, 6.45) is 1.80. The molecule has 13 heavy (non-hydrogen) atoms. The van der Waals surface area contributed by atoms with Crippen molar-refractivity contribution in [1.29, 1.82) is 0 Å². The van der Waals surface area contributed by atoms with Crippen molar-refractivity contribution in [2.24, 2.45) is 0 Å². The lowest BCUT2D eigenvalue weighted by Gasteiger charge is -1.99. The molecule has 2 aromatic rings. The largest absolute Gasteiger partial charge is 0.251 e. The van der Waals surface area contributed by atoms with Crippen molar-refractivity contribution in [3.05, 3.63) is 35.0 Å². The summed E-state index contributed by atoms with van der Waals surface area (Å²) >= 11 is 1.62. The Morgan fingerprint density at radius 3 is 2.69 bits per heavy atom. The fourth-order valence-corrected chi connectivity index (χ4v) is 1.90. The van der Waals surface area contributed by atoms with Crippen LogP contribution in [0.15, 0.2) is 23.7 Å². The van der Waals surface area contributed by atoms with Gasteiger partial charge in [0.2, 0.25) is 0 Å². The summed E-state index contributed by atoms with van der Waals surface area (Å²) in [6, 6.07) is 4.13. The van der Waals surface area contributed by atoms with Crippen LogP contribution in [0, 0.1) is 13.8 Å². The SMILES string of the molecule is Cc1cc(C)nc(-c2nccs2)c1. The lowest BCUT2D eigenvalue weighted by Crippen LogP contribution is -1.87. The first-order valence-electron chi connectivity index (χ1n) is 4.11. The Bertz CT molecular complexity index is 387. The average Bonchev–Trinajstić information content (AvgIpc) is 2.53. The van der Waals surface area contributed by atoms with Crippen LogP contribution < -0.4 is 0 Å². The molecule has 66 valence electrons. The van der Waals surface area contributed by atoms with E-state index in [1.807, 2.05) is 12.3 Å². The van der Waals surface area contributed by atoms with Crippen LogP contribution in [-0.4, -0.2) is 9.97 Å². The van der Waals surface area contributed by atoms with Crippen LogP contribution in [0.5, 0.6) is 0 Å². The lowest BCUT2D eigenvalue weighted by molar-refractivity contribution is 1.17. The highest BCUT2D eigenvalue weighted by Crippen LogP contribution is 2.20. The Hall–Kier alpha value is -1.22. The van der Waals surface area contributed by atoms with Gasteiger partial charge in [-0.15, -0.1) is 11.3 Å². The van der Waals surface area contributed by atoms with Crippen LogP contribution in [-0.2, 0) is 0 Å². The van der Waals surface area contributed by atoms with Gasteiger partial charge in [-0.1, -0.05) is 0 Å². The van der Waals surface area contributed by atoms with Gasteiger partial charge in [-0.25, -0.2) is 4.98 Å². The number of pyridine rings is 1. The zero-order valence-electron chi connectivity index (χ0n) is 7.61. The second-order valence-electron chi connectivity index (χ2n) is 3.01. The summed E-state index contributed by atoms with van der Waals surface area (Å²) in [6.45, 7) is 4.08. The van der Waals surface area contributed by atoms with Crippen molar-refractivity contribution in [2.75, 3.05) is 0 Å². The number of rotatable bonds is 1. The molecule has 0 radical (unpaired) electrons. The van der Waals surface area contributed by atoms with E-state index in [-0.39, 0.29) is 0 Å². The van der Waals surface area contributed by atoms with Gasteiger partial charge < -0.3 is 0 Å². The van der Waals surface area contributed by atoms with Crippen LogP contribution in [0.1, 0.15) is 11.3 Å². The molecule has 0 aliphatic heterocycles. The number of hydrogen-bond acceptors (Lipinski definition) is 3. The Morgan fingerprint density at radius 2 is 2.08 bits per heavy atom. The van der Waals surface area contributed by atoms with E-state index in [1.165, 1.54) is 5.56 Å². The smallest absolute Gasteiger partial charge is 0.141 e. The maximum absolute atomic E-state index is 4.42. The van der Waals surface area contributed by atoms with Crippen LogP contribution >= 0.6 is 11.3 Å². The minimum absolute atomic E-state index is 0.979. The summed E-state index contributed by atoms with van der Waals surface area (Å²) in [7, 11) is 0. The maximum atomic E-state index is 4.42. The van der Waals surface area contributed by atoms with E-state index in [0.717, 1.165) is 16.4 Å². The Kier molecular flexibility index (Phi) is 2.10. The van der Waals surface area contributed by atoms with Gasteiger partial charge in [0.05, 0.1) is 5.69 Å². The minimum Gasteiger partial charge on any atom is -0.251 e. The predicted molar refractivity (Wildman–Crippen MR) is 54.8 cm³/mol. The molecular weight excluding hydrogens is 180 g/mol. The zero-order valence-corrected chi connectivity index (χ0v) is 8.43. The molecule has 0 aromatic carbocycles. The van der Waals surface area contributed by atoms with E-state index in [1.54, 1.807) is 17.5 Å². The highest BCUT2D eigenvalue weighted by Gasteiger charge is 2.02. The fourth-order valence-electron chi connectivity index (χ4n) is 1.30. The minimum atomic E-state index is 0.979. The molecule has 0 aliphatic rings. The number of aryl methyl sites for hydroxylation is 2. The van der Waals surface area contributed by atoms with Crippen LogP contribution in [0.3, 0.4) is 0 Å². The third kappa shape index (κ3) is 1.75. The maximum Gasteiger partial charge on any atom is 0.141 e. The molecule has 0 atom stereocenters. The Balaban J connectivity index is 2.53. The molecule has 0 saturated heterocycles. The van der Waals surface area contributed by atoms with E-state index >= 15 is 0 Å². The third-order valence-electron chi connectivity index (χ3n) is 1.75. The zero-order chi connectivity index (χ0) is 9.26. The van der Waals surface area contributed by atoms with Gasteiger partial charge in [-0.3, -0.25) is 4.98 Å². The average molecular weight is 190 g/mol. The second kappa shape index (κ2) is 3.26. The van der Waals surface area contributed by atoms with Crippen molar-refractivity contribution in [3.63, 3.8) is 0 Å². The Morgan fingerprint density at radius 1 is 1.23 bits per heavy atom. The number of nitrogens with zero attached hydrogens (tertiary/aromatic N) is 2. The topological polar surface area (TPSA) is 25.8 Å². The van der Waals surface area contributed by atoms with Crippen molar-refractivity contribution in [1.82, 2.24) is 9.97 Å². The second-order valence-corrected chi connectivity index (χ2v) is 3.90. The van der Waals surface area contributed by atoms with Crippen LogP contribution in [0.4, 0.5) is 0 Å². The molecule has 2 aromatic heterocycles. The van der Waals surface area contributed by atoms with Crippen molar-refractivity contribution >= 4 is 11.3 Å². The molecule has 0 amide bonds. The number of aromatic nitrogens is 2. The standard InChI is InChI=1S/C10H10N2S/c1-7-5-8(2)12-9(6-7)10-11-3-4-13-10/h3-6H,1-2H3. The first-order chi connectivity index (χ1) is 6.25. The fraction of sp³-hybridized carbons (Fsp3) is 0.200. The quantitative estimate of drug-likeness (QED) is 0.691. The summed E-state index contributed by atoms with van der Waals surface area (Å²) in [5.41, 5.74) is 3.26. The highest BCUT2D eigenvalue weighted by molar-refractivity contribution is 7.13. The lowest BCUT2D eigenvalue weighted by atomic mass is 10.2. The normalized spacial score (nSPS) is 10.3.